The van der Waals surface area contributed by atoms with Gasteiger partial charge in [0.1, 0.15) is 0 Å². The van der Waals surface area contributed by atoms with Crippen LogP contribution in [0.1, 0.15) is 49.1 Å². The molecule has 0 bridgehead atoms. The second-order valence-corrected chi connectivity index (χ2v) is 6.06. The third-order valence-corrected chi connectivity index (χ3v) is 4.67. The minimum absolute atomic E-state index is 0.204. The Hall–Kier alpha value is -0.510. The van der Waals surface area contributed by atoms with Crippen molar-refractivity contribution in [3.8, 4) is 0 Å². The van der Waals surface area contributed by atoms with Crippen molar-refractivity contribution in [1.82, 2.24) is 0 Å². The minimum Gasteiger partial charge on any atom is -0.166 e. The second-order valence-electron chi connectivity index (χ2n) is 4.88. The fraction of sp³-hybridized carbons (Fsp3) is 0.571. The van der Waals surface area contributed by atoms with Crippen LogP contribution in [0.15, 0.2) is 24.3 Å². The average Bonchev–Trinajstić information content (AvgIpc) is 2.53. The summed E-state index contributed by atoms with van der Waals surface area (Å²) < 4.78 is 38.1. The van der Waals surface area contributed by atoms with E-state index < -0.39 is 11.7 Å². The first-order valence-corrected chi connectivity index (χ1v) is 7.21. The molecule has 0 nitrogen and oxygen atoms in total. The molecular weight excluding hydrogens is 305 g/mol. The third-order valence-electron chi connectivity index (χ3n) is 3.57. The predicted molar refractivity (Wildman–Crippen MR) is 70.0 cm³/mol. The Morgan fingerprint density at radius 2 is 1.78 bits per heavy atom. The van der Waals surface area contributed by atoms with E-state index in [0.29, 0.717) is 4.83 Å². The number of rotatable bonds is 1. The highest BCUT2D eigenvalue weighted by Gasteiger charge is 2.32. The van der Waals surface area contributed by atoms with E-state index in [4.69, 9.17) is 0 Å². The predicted octanol–water partition coefficient (Wildman–Crippen LogP) is 5.52. The van der Waals surface area contributed by atoms with Crippen LogP contribution in [0.4, 0.5) is 13.2 Å². The Morgan fingerprint density at radius 3 is 2.50 bits per heavy atom. The van der Waals surface area contributed by atoms with Gasteiger partial charge in [0.05, 0.1) is 5.56 Å². The first kappa shape index (κ1) is 13.9. The van der Waals surface area contributed by atoms with Crippen molar-refractivity contribution in [2.24, 2.45) is 0 Å². The molecule has 0 radical (unpaired) electrons. The Bertz CT molecular complexity index is 400. The van der Waals surface area contributed by atoms with Gasteiger partial charge >= 0.3 is 6.18 Å². The van der Waals surface area contributed by atoms with Gasteiger partial charge in [0.15, 0.2) is 0 Å². The highest BCUT2D eigenvalue weighted by molar-refractivity contribution is 9.09. The summed E-state index contributed by atoms with van der Waals surface area (Å²) >= 11 is 3.64. The van der Waals surface area contributed by atoms with E-state index in [-0.39, 0.29) is 5.92 Å². The lowest BCUT2D eigenvalue weighted by Gasteiger charge is -2.21. The van der Waals surface area contributed by atoms with Crippen molar-refractivity contribution >= 4 is 15.9 Å². The van der Waals surface area contributed by atoms with Gasteiger partial charge in [0.2, 0.25) is 0 Å². The monoisotopic (exact) mass is 320 g/mol. The van der Waals surface area contributed by atoms with Gasteiger partial charge in [0, 0.05) is 4.83 Å². The van der Waals surface area contributed by atoms with E-state index in [9.17, 15) is 13.2 Å². The van der Waals surface area contributed by atoms with E-state index in [0.717, 1.165) is 37.3 Å². The van der Waals surface area contributed by atoms with Crippen LogP contribution in [0.25, 0.3) is 0 Å². The van der Waals surface area contributed by atoms with Gasteiger partial charge in [-0.2, -0.15) is 13.2 Å². The number of benzene rings is 1. The average molecular weight is 321 g/mol. The van der Waals surface area contributed by atoms with Crippen LogP contribution in [-0.2, 0) is 6.18 Å². The van der Waals surface area contributed by atoms with E-state index in [2.05, 4.69) is 15.9 Å². The van der Waals surface area contributed by atoms with Crippen LogP contribution in [0, 0.1) is 0 Å². The molecule has 1 aromatic rings. The largest absolute Gasteiger partial charge is 0.416 e. The SMILES string of the molecule is FC(F)(F)c1cccc(C2CCCCCC2Br)c1. The van der Waals surface area contributed by atoms with Gasteiger partial charge in [-0.25, -0.2) is 0 Å². The van der Waals surface area contributed by atoms with Crippen molar-refractivity contribution in [2.75, 3.05) is 0 Å². The molecule has 18 heavy (non-hydrogen) atoms. The molecule has 0 aromatic heterocycles. The molecule has 4 heteroatoms. The van der Waals surface area contributed by atoms with E-state index in [1.165, 1.54) is 18.6 Å². The zero-order chi connectivity index (χ0) is 13.2. The molecule has 0 amide bonds. The summed E-state index contributed by atoms with van der Waals surface area (Å²) in [5.74, 6) is 0.204. The topological polar surface area (TPSA) is 0 Å². The molecule has 1 aliphatic carbocycles. The van der Waals surface area contributed by atoms with E-state index in [1.54, 1.807) is 0 Å². The molecule has 1 fully saturated rings. The van der Waals surface area contributed by atoms with Gasteiger partial charge in [-0.3, -0.25) is 0 Å². The van der Waals surface area contributed by atoms with Gasteiger partial charge < -0.3 is 0 Å². The van der Waals surface area contributed by atoms with Crippen LogP contribution in [-0.4, -0.2) is 4.83 Å². The first-order chi connectivity index (χ1) is 8.48. The smallest absolute Gasteiger partial charge is 0.166 e. The van der Waals surface area contributed by atoms with E-state index in [1.807, 2.05) is 6.07 Å². The maximum Gasteiger partial charge on any atom is 0.416 e. The van der Waals surface area contributed by atoms with Gasteiger partial charge in [-0.05, 0) is 30.4 Å². The van der Waals surface area contributed by atoms with E-state index >= 15 is 0 Å². The lowest BCUT2D eigenvalue weighted by atomic mass is 9.90. The zero-order valence-corrected chi connectivity index (χ0v) is 11.6. The number of hydrogen-bond donors (Lipinski definition) is 0. The fourth-order valence-corrected chi connectivity index (χ4v) is 3.48. The summed E-state index contributed by atoms with van der Waals surface area (Å²) in [6, 6.07) is 5.79. The van der Waals surface area contributed by atoms with Crippen LogP contribution in [0.2, 0.25) is 0 Å². The van der Waals surface area contributed by atoms with Crippen molar-refractivity contribution in [1.29, 1.82) is 0 Å². The van der Waals surface area contributed by atoms with Crippen LogP contribution in [0.3, 0.4) is 0 Å². The molecule has 0 aliphatic heterocycles. The van der Waals surface area contributed by atoms with Crippen LogP contribution >= 0.6 is 15.9 Å². The Labute approximate surface area is 114 Å². The standard InChI is InChI=1S/C14H16BrF3/c15-13-8-3-1-2-7-12(13)10-5-4-6-11(9-10)14(16,17)18/h4-6,9,12-13H,1-3,7-8H2. The molecule has 100 valence electrons. The van der Waals surface area contributed by atoms with Crippen LogP contribution in [0.5, 0.6) is 0 Å². The molecule has 1 aliphatic rings. The summed E-state index contributed by atoms with van der Waals surface area (Å²) in [6.07, 6.45) is 1.20. The highest BCUT2D eigenvalue weighted by Crippen LogP contribution is 2.38. The van der Waals surface area contributed by atoms with Crippen molar-refractivity contribution in [3.63, 3.8) is 0 Å². The van der Waals surface area contributed by atoms with Crippen LogP contribution < -0.4 is 0 Å². The third kappa shape index (κ3) is 3.28. The minimum atomic E-state index is -4.25. The Kier molecular flexibility index (Phi) is 4.36. The summed E-state index contributed by atoms with van der Waals surface area (Å²) in [5, 5.41) is 0. The first-order valence-electron chi connectivity index (χ1n) is 6.30. The van der Waals surface area contributed by atoms with Crippen molar-refractivity contribution < 1.29 is 13.2 Å². The Morgan fingerprint density at radius 1 is 1.06 bits per heavy atom. The number of hydrogen-bond acceptors (Lipinski definition) is 0. The number of halogens is 4. The van der Waals surface area contributed by atoms with Crippen molar-refractivity contribution in [3.05, 3.63) is 35.4 Å². The van der Waals surface area contributed by atoms with Gasteiger partial charge in [-0.15, -0.1) is 0 Å². The summed E-state index contributed by atoms with van der Waals surface area (Å²) in [7, 11) is 0. The molecule has 2 atom stereocenters. The molecule has 2 unspecified atom stereocenters. The molecular formula is C14H16BrF3. The lowest BCUT2D eigenvalue weighted by Crippen LogP contribution is -2.12. The summed E-state index contributed by atoms with van der Waals surface area (Å²) in [6.45, 7) is 0. The molecule has 1 saturated carbocycles. The maximum atomic E-state index is 12.7. The molecule has 0 saturated heterocycles. The fourth-order valence-electron chi connectivity index (χ4n) is 2.58. The Balaban J connectivity index is 2.26. The quantitative estimate of drug-likeness (QED) is 0.472. The van der Waals surface area contributed by atoms with Crippen molar-refractivity contribution in [2.45, 2.75) is 49.0 Å². The molecule has 0 N–H and O–H groups in total. The zero-order valence-electron chi connectivity index (χ0n) is 10.0. The maximum absolute atomic E-state index is 12.7. The lowest BCUT2D eigenvalue weighted by molar-refractivity contribution is -0.137. The normalized spacial score (nSPS) is 25.8. The summed E-state index contributed by atoms with van der Waals surface area (Å²) in [5.41, 5.74) is 0.276. The highest BCUT2D eigenvalue weighted by atomic mass is 79.9. The number of alkyl halides is 4. The molecule has 0 spiro atoms. The molecule has 1 aromatic carbocycles. The summed E-state index contributed by atoms with van der Waals surface area (Å²) in [4.78, 5) is 0.295. The molecule has 2 rings (SSSR count). The molecule has 0 heterocycles. The van der Waals surface area contributed by atoms with Gasteiger partial charge in [-0.1, -0.05) is 53.4 Å². The second kappa shape index (κ2) is 5.64. The van der Waals surface area contributed by atoms with Gasteiger partial charge in [0.25, 0.3) is 0 Å².